The van der Waals surface area contributed by atoms with Gasteiger partial charge < -0.3 is 9.64 Å². The minimum absolute atomic E-state index is 0.508. The highest BCUT2D eigenvalue weighted by Gasteiger charge is 2.13. The third-order valence-electron chi connectivity index (χ3n) is 3.11. The minimum Gasteiger partial charge on any atom is -0.380 e. The fraction of sp³-hybridized carbons (Fsp3) is 0.357. The fourth-order valence-corrected chi connectivity index (χ4v) is 2.29. The average molecular weight is 266 g/mol. The number of halogens is 1. The molecule has 0 unspecified atom stereocenters. The van der Waals surface area contributed by atoms with Crippen LogP contribution in [0.25, 0.3) is 0 Å². The van der Waals surface area contributed by atoms with Crippen LogP contribution in [0, 0.1) is 0 Å². The SMILES string of the molecule is COCC1=CCN(c2ccc(C=O)c(Cl)c2)CC1. The lowest BCUT2D eigenvalue weighted by atomic mass is 10.1. The quantitative estimate of drug-likeness (QED) is 0.619. The first-order chi connectivity index (χ1) is 8.74. The highest BCUT2D eigenvalue weighted by Crippen LogP contribution is 2.25. The van der Waals surface area contributed by atoms with Crippen LogP contribution in [0.4, 0.5) is 5.69 Å². The molecule has 1 aromatic carbocycles. The van der Waals surface area contributed by atoms with E-state index in [4.69, 9.17) is 16.3 Å². The molecule has 1 aliphatic rings. The molecule has 0 fully saturated rings. The highest BCUT2D eigenvalue weighted by atomic mass is 35.5. The Hall–Kier alpha value is -1.32. The molecule has 1 aromatic rings. The molecule has 0 atom stereocenters. The van der Waals surface area contributed by atoms with Crippen molar-refractivity contribution >= 4 is 23.6 Å². The molecule has 0 spiro atoms. The Balaban J connectivity index is 2.10. The van der Waals surface area contributed by atoms with E-state index in [0.717, 1.165) is 31.5 Å². The topological polar surface area (TPSA) is 29.5 Å². The van der Waals surface area contributed by atoms with E-state index in [1.54, 1.807) is 13.2 Å². The van der Waals surface area contributed by atoms with Crippen LogP contribution in [0.2, 0.25) is 5.02 Å². The molecule has 0 aromatic heterocycles. The van der Waals surface area contributed by atoms with E-state index in [1.165, 1.54) is 5.57 Å². The maximum Gasteiger partial charge on any atom is 0.151 e. The van der Waals surface area contributed by atoms with Crippen LogP contribution in [0.3, 0.4) is 0 Å². The predicted octanol–water partition coefficient (Wildman–Crippen LogP) is 2.94. The second kappa shape index (κ2) is 6.03. The number of methoxy groups -OCH3 is 1. The summed E-state index contributed by atoms with van der Waals surface area (Å²) >= 11 is 6.03. The Morgan fingerprint density at radius 3 is 2.89 bits per heavy atom. The summed E-state index contributed by atoms with van der Waals surface area (Å²) in [6, 6.07) is 5.55. The van der Waals surface area contributed by atoms with Gasteiger partial charge in [-0.25, -0.2) is 0 Å². The van der Waals surface area contributed by atoms with E-state index in [1.807, 2.05) is 12.1 Å². The Bertz CT molecular complexity index is 471. The van der Waals surface area contributed by atoms with Crippen molar-refractivity contribution in [2.45, 2.75) is 6.42 Å². The van der Waals surface area contributed by atoms with E-state index in [2.05, 4.69) is 11.0 Å². The van der Waals surface area contributed by atoms with Crippen molar-refractivity contribution in [3.63, 3.8) is 0 Å². The largest absolute Gasteiger partial charge is 0.380 e. The van der Waals surface area contributed by atoms with Crippen molar-refractivity contribution < 1.29 is 9.53 Å². The number of aldehydes is 1. The third-order valence-corrected chi connectivity index (χ3v) is 3.44. The molecular weight excluding hydrogens is 250 g/mol. The average Bonchev–Trinajstić information content (AvgIpc) is 2.40. The second-order valence-corrected chi connectivity index (χ2v) is 4.72. The molecule has 1 aliphatic heterocycles. The molecule has 0 radical (unpaired) electrons. The van der Waals surface area contributed by atoms with Crippen LogP contribution in [0.5, 0.6) is 0 Å². The standard InChI is InChI=1S/C14H16ClNO2/c1-18-10-11-4-6-16(7-5-11)13-3-2-12(9-17)14(15)8-13/h2-4,8-9H,5-7,10H2,1H3. The molecule has 1 heterocycles. The Morgan fingerprint density at radius 2 is 2.33 bits per heavy atom. The van der Waals surface area contributed by atoms with Gasteiger partial charge in [0.25, 0.3) is 0 Å². The molecule has 3 nitrogen and oxygen atoms in total. The number of hydrogen-bond donors (Lipinski definition) is 0. The summed E-state index contributed by atoms with van der Waals surface area (Å²) in [4.78, 5) is 12.9. The summed E-state index contributed by atoms with van der Waals surface area (Å²) in [6.45, 7) is 2.51. The van der Waals surface area contributed by atoms with E-state index in [0.29, 0.717) is 17.2 Å². The van der Waals surface area contributed by atoms with Crippen LogP contribution in [0.1, 0.15) is 16.8 Å². The monoisotopic (exact) mass is 265 g/mol. The van der Waals surface area contributed by atoms with Crippen molar-refractivity contribution in [3.05, 3.63) is 40.4 Å². The van der Waals surface area contributed by atoms with Gasteiger partial charge in [0.2, 0.25) is 0 Å². The van der Waals surface area contributed by atoms with Gasteiger partial charge >= 0.3 is 0 Å². The number of carbonyl (C=O) groups is 1. The van der Waals surface area contributed by atoms with E-state index >= 15 is 0 Å². The first kappa shape index (κ1) is 13.1. The lowest BCUT2D eigenvalue weighted by Gasteiger charge is -2.28. The van der Waals surface area contributed by atoms with Gasteiger partial charge in [0.05, 0.1) is 11.6 Å². The number of anilines is 1. The number of ether oxygens (including phenoxy) is 1. The van der Waals surface area contributed by atoms with Gasteiger partial charge in [0.15, 0.2) is 6.29 Å². The summed E-state index contributed by atoms with van der Waals surface area (Å²) in [5.74, 6) is 0. The third kappa shape index (κ3) is 2.92. The molecule has 0 bridgehead atoms. The van der Waals surface area contributed by atoms with Gasteiger partial charge in [-0.05, 0) is 30.2 Å². The van der Waals surface area contributed by atoms with Crippen molar-refractivity contribution in [1.29, 1.82) is 0 Å². The van der Waals surface area contributed by atoms with Crippen molar-refractivity contribution in [3.8, 4) is 0 Å². The van der Waals surface area contributed by atoms with Crippen LogP contribution in [-0.4, -0.2) is 33.1 Å². The van der Waals surface area contributed by atoms with Crippen LogP contribution >= 0.6 is 11.6 Å². The molecule has 0 saturated heterocycles. The highest BCUT2D eigenvalue weighted by molar-refractivity contribution is 6.33. The van der Waals surface area contributed by atoms with Gasteiger partial charge in [-0.3, -0.25) is 4.79 Å². The number of hydrogen-bond acceptors (Lipinski definition) is 3. The molecule has 0 saturated carbocycles. The Morgan fingerprint density at radius 1 is 1.50 bits per heavy atom. The number of carbonyl (C=O) groups excluding carboxylic acids is 1. The van der Waals surface area contributed by atoms with Crippen molar-refractivity contribution in [2.24, 2.45) is 0 Å². The van der Waals surface area contributed by atoms with E-state index in [-0.39, 0.29) is 0 Å². The van der Waals surface area contributed by atoms with Gasteiger partial charge in [-0.2, -0.15) is 0 Å². The molecular formula is C14H16ClNO2. The number of nitrogens with zero attached hydrogens (tertiary/aromatic N) is 1. The van der Waals surface area contributed by atoms with E-state index in [9.17, 15) is 4.79 Å². The normalized spacial score (nSPS) is 15.4. The predicted molar refractivity (Wildman–Crippen MR) is 73.6 cm³/mol. The smallest absolute Gasteiger partial charge is 0.151 e. The first-order valence-electron chi connectivity index (χ1n) is 5.91. The molecule has 4 heteroatoms. The summed E-state index contributed by atoms with van der Waals surface area (Å²) in [7, 11) is 1.71. The first-order valence-corrected chi connectivity index (χ1v) is 6.29. The molecule has 0 amide bonds. The van der Waals surface area contributed by atoms with E-state index < -0.39 is 0 Å². The summed E-state index contributed by atoms with van der Waals surface area (Å²) in [5.41, 5.74) is 2.93. The van der Waals surface area contributed by atoms with Crippen molar-refractivity contribution in [2.75, 3.05) is 31.7 Å². The Kier molecular flexibility index (Phi) is 4.39. The summed E-state index contributed by atoms with van der Waals surface area (Å²) in [5, 5.41) is 0.508. The molecule has 0 N–H and O–H groups in total. The molecule has 2 rings (SSSR count). The zero-order valence-corrected chi connectivity index (χ0v) is 11.1. The zero-order chi connectivity index (χ0) is 13.0. The van der Waals surface area contributed by atoms with Crippen molar-refractivity contribution in [1.82, 2.24) is 0 Å². The second-order valence-electron chi connectivity index (χ2n) is 4.32. The number of benzene rings is 1. The van der Waals surface area contributed by atoms with Gasteiger partial charge in [0, 0.05) is 31.5 Å². The van der Waals surface area contributed by atoms with Gasteiger partial charge in [0.1, 0.15) is 0 Å². The Labute approximate surface area is 112 Å². The maximum absolute atomic E-state index is 10.7. The lowest BCUT2D eigenvalue weighted by Crippen LogP contribution is -2.29. The number of rotatable bonds is 4. The van der Waals surface area contributed by atoms with Crippen LogP contribution in [0.15, 0.2) is 29.8 Å². The van der Waals surface area contributed by atoms with Gasteiger partial charge in [-0.1, -0.05) is 17.7 Å². The lowest BCUT2D eigenvalue weighted by molar-refractivity contribution is 0.112. The zero-order valence-electron chi connectivity index (χ0n) is 10.4. The maximum atomic E-state index is 10.7. The fourth-order valence-electron chi connectivity index (χ4n) is 2.07. The summed E-state index contributed by atoms with van der Waals surface area (Å²) < 4.78 is 5.12. The van der Waals surface area contributed by atoms with Crippen LogP contribution in [-0.2, 0) is 4.74 Å². The molecule has 0 aliphatic carbocycles. The molecule has 18 heavy (non-hydrogen) atoms. The minimum atomic E-state index is 0.508. The summed E-state index contributed by atoms with van der Waals surface area (Å²) in [6.07, 6.45) is 3.97. The van der Waals surface area contributed by atoms with Crippen LogP contribution < -0.4 is 4.90 Å². The molecule has 96 valence electrons. The van der Waals surface area contributed by atoms with Gasteiger partial charge in [-0.15, -0.1) is 0 Å².